The molecule has 1 aromatic heterocycles. The summed E-state index contributed by atoms with van der Waals surface area (Å²) in [5.74, 6) is -1.59. The van der Waals surface area contributed by atoms with Crippen LogP contribution in [0.2, 0.25) is 0 Å². The third kappa shape index (κ3) is 4.51. The fourth-order valence-electron chi connectivity index (χ4n) is 1.43. The summed E-state index contributed by atoms with van der Waals surface area (Å²) in [5, 5.41) is 11.1. The van der Waals surface area contributed by atoms with Gasteiger partial charge in [-0.25, -0.2) is 4.79 Å². The third-order valence-corrected chi connectivity index (χ3v) is 3.45. The zero-order valence-electron chi connectivity index (χ0n) is 11.4. The summed E-state index contributed by atoms with van der Waals surface area (Å²) < 4.78 is 0. The van der Waals surface area contributed by atoms with Crippen molar-refractivity contribution in [2.24, 2.45) is 0 Å². The topological polar surface area (TPSA) is 86.7 Å². The van der Waals surface area contributed by atoms with Gasteiger partial charge in [0.05, 0.1) is 4.88 Å². The number of carboxylic acids is 1. The summed E-state index contributed by atoms with van der Waals surface area (Å²) in [6.45, 7) is 1.61. The Labute approximate surface area is 120 Å². The van der Waals surface area contributed by atoms with Crippen molar-refractivity contribution in [2.45, 2.75) is 13.0 Å². The van der Waals surface area contributed by atoms with Crippen molar-refractivity contribution in [1.29, 1.82) is 0 Å². The lowest BCUT2D eigenvalue weighted by atomic mass is 10.3. The Balaban J connectivity index is 2.69. The molecule has 7 heteroatoms. The minimum atomic E-state index is -1.05. The lowest BCUT2D eigenvalue weighted by Crippen LogP contribution is -2.44. The first-order valence-electron chi connectivity index (χ1n) is 5.84. The maximum absolute atomic E-state index is 11.9. The number of carbonyl (C=O) groups excluding carboxylic acids is 2. The van der Waals surface area contributed by atoms with Crippen LogP contribution in [0, 0.1) is 0 Å². The molecule has 0 radical (unpaired) electrons. The number of aliphatic carboxylic acids is 1. The average molecular weight is 296 g/mol. The maximum Gasteiger partial charge on any atom is 0.328 e. The lowest BCUT2D eigenvalue weighted by Gasteiger charge is -2.17. The van der Waals surface area contributed by atoms with Gasteiger partial charge in [-0.2, -0.15) is 0 Å². The first-order chi connectivity index (χ1) is 9.31. The van der Waals surface area contributed by atoms with Crippen LogP contribution in [0.4, 0.5) is 0 Å². The minimum absolute atomic E-state index is 0.194. The number of nitrogens with zero attached hydrogens (tertiary/aromatic N) is 1. The molecule has 1 unspecified atom stereocenters. The van der Waals surface area contributed by atoms with Crippen LogP contribution in [-0.4, -0.2) is 47.9 Å². The number of rotatable bonds is 5. The first kappa shape index (κ1) is 15.9. The molecule has 0 saturated carbocycles. The van der Waals surface area contributed by atoms with Crippen LogP contribution in [-0.2, 0) is 9.59 Å². The molecule has 1 heterocycles. The average Bonchev–Trinajstić information content (AvgIpc) is 2.83. The smallest absolute Gasteiger partial charge is 0.328 e. The summed E-state index contributed by atoms with van der Waals surface area (Å²) in [7, 11) is 3.23. The normalized spacial score (nSPS) is 12.2. The third-order valence-electron chi connectivity index (χ3n) is 2.40. The predicted octanol–water partition coefficient (Wildman–Crippen LogP) is 1.05. The molecule has 0 bridgehead atoms. The van der Waals surface area contributed by atoms with E-state index < -0.39 is 12.0 Å². The van der Waals surface area contributed by atoms with E-state index in [0.29, 0.717) is 9.75 Å². The number of hydrogen-bond donors (Lipinski definition) is 2. The fourth-order valence-corrected chi connectivity index (χ4v) is 2.25. The van der Waals surface area contributed by atoms with E-state index in [1.165, 1.54) is 11.0 Å². The number of carboxylic acid groups (broad SMARTS) is 1. The monoisotopic (exact) mass is 296 g/mol. The van der Waals surface area contributed by atoms with Crippen molar-refractivity contribution in [2.75, 3.05) is 14.1 Å². The van der Waals surface area contributed by atoms with Crippen LogP contribution in [0.3, 0.4) is 0 Å². The van der Waals surface area contributed by atoms with Gasteiger partial charge in [0.2, 0.25) is 5.91 Å². The van der Waals surface area contributed by atoms with Crippen molar-refractivity contribution >= 4 is 35.2 Å². The van der Waals surface area contributed by atoms with Gasteiger partial charge in [-0.15, -0.1) is 11.3 Å². The molecule has 1 rings (SSSR count). The fraction of sp³-hybridized carbons (Fsp3) is 0.308. The van der Waals surface area contributed by atoms with Crippen LogP contribution in [0.25, 0.3) is 6.08 Å². The molecule has 0 aliphatic heterocycles. The van der Waals surface area contributed by atoms with Gasteiger partial charge in [0.25, 0.3) is 5.91 Å². The zero-order valence-corrected chi connectivity index (χ0v) is 12.2. The number of amides is 2. The Kier molecular flexibility index (Phi) is 5.45. The van der Waals surface area contributed by atoms with Crippen molar-refractivity contribution in [3.8, 4) is 0 Å². The van der Waals surface area contributed by atoms with Crippen LogP contribution in [0.1, 0.15) is 21.5 Å². The van der Waals surface area contributed by atoms with Gasteiger partial charge >= 0.3 is 5.97 Å². The Morgan fingerprint density at radius 3 is 2.55 bits per heavy atom. The van der Waals surface area contributed by atoms with Crippen molar-refractivity contribution in [3.63, 3.8) is 0 Å². The van der Waals surface area contributed by atoms with Crippen molar-refractivity contribution in [3.05, 3.63) is 28.0 Å². The van der Waals surface area contributed by atoms with E-state index >= 15 is 0 Å². The van der Waals surface area contributed by atoms with Gasteiger partial charge in [0.15, 0.2) is 0 Å². The molecule has 0 saturated heterocycles. The van der Waals surface area contributed by atoms with Gasteiger partial charge in [0, 0.05) is 25.0 Å². The van der Waals surface area contributed by atoms with Crippen LogP contribution in [0.15, 0.2) is 18.2 Å². The van der Waals surface area contributed by atoms with E-state index in [1.807, 2.05) is 0 Å². The Bertz CT molecular complexity index is 548. The minimum Gasteiger partial charge on any atom is -0.478 e. The molecule has 6 nitrogen and oxygen atoms in total. The molecule has 1 aromatic rings. The second-order valence-corrected chi connectivity index (χ2v) is 5.42. The van der Waals surface area contributed by atoms with Crippen LogP contribution in [0.5, 0.6) is 0 Å². The Morgan fingerprint density at radius 2 is 2.00 bits per heavy atom. The summed E-state index contributed by atoms with van der Waals surface area (Å²) >= 11 is 1.16. The zero-order chi connectivity index (χ0) is 15.3. The molecule has 108 valence electrons. The van der Waals surface area contributed by atoms with Gasteiger partial charge < -0.3 is 15.3 Å². The van der Waals surface area contributed by atoms with Crippen LogP contribution >= 0.6 is 11.3 Å². The first-order valence-corrected chi connectivity index (χ1v) is 6.65. The van der Waals surface area contributed by atoms with E-state index in [4.69, 9.17) is 5.11 Å². The van der Waals surface area contributed by atoms with Crippen molar-refractivity contribution in [1.82, 2.24) is 10.2 Å². The molecule has 0 aromatic carbocycles. The summed E-state index contributed by atoms with van der Waals surface area (Å²) in [6, 6.07) is 2.63. The highest BCUT2D eigenvalue weighted by molar-refractivity contribution is 7.14. The number of carbonyl (C=O) groups is 3. The second kappa shape index (κ2) is 6.85. The number of nitrogens with one attached hydrogen (secondary N) is 1. The largest absolute Gasteiger partial charge is 0.478 e. The Hall–Kier alpha value is -2.15. The molecule has 0 aliphatic rings. The van der Waals surface area contributed by atoms with E-state index in [2.05, 4.69) is 5.32 Å². The molecule has 20 heavy (non-hydrogen) atoms. The molecule has 0 aliphatic carbocycles. The molecule has 2 N–H and O–H groups in total. The molecular formula is C13H16N2O4S. The highest BCUT2D eigenvalue weighted by atomic mass is 32.1. The lowest BCUT2D eigenvalue weighted by molar-refractivity contribution is -0.131. The molecule has 0 fully saturated rings. The predicted molar refractivity (Wildman–Crippen MR) is 76.6 cm³/mol. The van der Waals surface area contributed by atoms with Crippen LogP contribution < -0.4 is 5.32 Å². The van der Waals surface area contributed by atoms with E-state index in [1.54, 1.807) is 33.2 Å². The number of hydrogen-bond acceptors (Lipinski definition) is 4. The van der Waals surface area contributed by atoms with Gasteiger partial charge in [0.1, 0.15) is 6.04 Å². The van der Waals surface area contributed by atoms with Gasteiger partial charge in [-0.1, -0.05) is 0 Å². The maximum atomic E-state index is 11.9. The SMILES string of the molecule is CC(NC(=O)c1ccc(C=CC(=O)O)s1)C(=O)N(C)C. The number of likely N-dealkylation sites (N-methyl/N-ethyl adjacent to an activating group) is 1. The van der Waals surface area contributed by atoms with E-state index in [0.717, 1.165) is 17.4 Å². The van der Waals surface area contributed by atoms with Gasteiger partial charge in [-0.3, -0.25) is 9.59 Å². The van der Waals surface area contributed by atoms with Gasteiger partial charge in [-0.05, 0) is 25.1 Å². The second-order valence-electron chi connectivity index (χ2n) is 4.30. The van der Waals surface area contributed by atoms with Crippen molar-refractivity contribution < 1.29 is 19.5 Å². The quantitative estimate of drug-likeness (QED) is 0.795. The summed E-state index contributed by atoms with van der Waals surface area (Å²) in [4.78, 5) is 36.4. The highest BCUT2D eigenvalue weighted by Gasteiger charge is 2.18. The highest BCUT2D eigenvalue weighted by Crippen LogP contribution is 2.18. The Morgan fingerprint density at radius 1 is 1.35 bits per heavy atom. The summed E-state index contributed by atoms with van der Waals surface area (Å²) in [6.07, 6.45) is 2.42. The molecule has 1 atom stereocenters. The summed E-state index contributed by atoms with van der Waals surface area (Å²) in [5.41, 5.74) is 0. The number of thiophene rings is 1. The molecule has 0 spiro atoms. The molecular weight excluding hydrogens is 280 g/mol. The molecule has 2 amide bonds. The standard InChI is InChI=1S/C13H16N2O4S/c1-8(13(19)15(2)3)14-12(18)10-6-4-9(20-10)5-7-11(16)17/h4-8H,1-3H3,(H,14,18)(H,16,17). The van der Waals surface area contributed by atoms with E-state index in [9.17, 15) is 14.4 Å². The van der Waals surface area contributed by atoms with E-state index in [-0.39, 0.29) is 11.8 Å².